The third kappa shape index (κ3) is 6.57. The first-order valence-electron chi connectivity index (χ1n) is 19.3. The van der Waals surface area contributed by atoms with E-state index in [2.05, 4.69) is 15.7 Å². The Kier molecular flexibility index (Phi) is 9.49. The van der Waals surface area contributed by atoms with Crippen molar-refractivity contribution in [1.29, 1.82) is 0 Å². The number of hydrogen-bond donors (Lipinski definition) is 1. The topological polar surface area (TPSA) is 113 Å². The molecule has 1 amide bonds. The highest BCUT2D eigenvalue weighted by molar-refractivity contribution is 6.03. The van der Waals surface area contributed by atoms with Crippen LogP contribution in [-0.2, 0) is 4.74 Å². The van der Waals surface area contributed by atoms with Gasteiger partial charge in [0.05, 0.1) is 35.9 Å². The van der Waals surface area contributed by atoms with Gasteiger partial charge in [0.2, 0.25) is 5.88 Å². The van der Waals surface area contributed by atoms with Crippen LogP contribution in [0.2, 0.25) is 0 Å². The lowest BCUT2D eigenvalue weighted by molar-refractivity contribution is 0.0122. The number of aliphatic hydroxyl groups is 1. The molecule has 4 aliphatic rings. The molecule has 11 nitrogen and oxygen atoms in total. The largest absolute Gasteiger partial charge is 0.474 e. The molecule has 2 aromatic carbocycles. The van der Waals surface area contributed by atoms with Crippen molar-refractivity contribution in [3.8, 4) is 35.5 Å². The van der Waals surface area contributed by atoms with Crippen LogP contribution in [0.15, 0.2) is 30.3 Å². The molecular formula is C42H48F2N6O5. The van der Waals surface area contributed by atoms with Gasteiger partial charge in [-0.2, -0.15) is 9.97 Å². The van der Waals surface area contributed by atoms with Crippen LogP contribution in [0.4, 0.5) is 19.4 Å². The van der Waals surface area contributed by atoms with E-state index in [0.717, 1.165) is 45.1 Å². The number of aliphatic hydroxyl groups excluding tert-OH is 1. The van der Waals surface area contributed by atoms with E-state index in [1.165, 1.54) is 6.07 Å². The van der Waals surface area contributed by atoms with E-state index < -0.39 is 17.2 Å². The number of pyridine rings is 1. The summed E-state index contributed by atoms with van der Waals surface area (Å²) in [5, 5.41) is 11.3. The van der Waals surface area contributed by atoms with Crippen LogP contribution in [0.1, 0.15) is 78.7 Å². The summed E-state index contributed by atoms with van der Waals surface area (Å²) in [6.07, 6.45) is 10.3. The maximum Gasteiger partial charge on any atom is 0.410 e. The lowest BCUT2D eigenvalue weighted by Crippen LogP contribution is -2.57. The molecule has 4 aliphatic heterocycles. The van der Waals surface area contributed by atoms with E-state index in [-0.39, 0.29) is 83.1 Å². The van der Waals surface area contributed by atoms with Crippen molar-refractivity contribution < 1.29 is 32.9 Å². The lowest BCUT2D eigenvalue weighted by atomic mass is 9.95. The van der Waals surface area contributed by atoms with E-state index in [4.69, 9.17) is 35.6 Å². The normalized spacial score (nSPS) is 23.8. The molecule has 4 saturated heterocycles. The Morgan fingerprint density at radius 3 is 2.51 bits per heavy atom. The minimum atomic E-state index is -0.753. The van der Waals surface area contributed by atoms with Gasteiger partial charge in [0, 0.05) is 30.1 Å². The highest BCUT2D eigenvalue weighted by atomic mass is 19.1. The second-order valence-electron chi connectivity index (χ2n) is 16.6. The molecule has 0 aliphatic carbocycles. The zero-order valence-corrected chi connectivity index (χ0v) is 32.1. The summed E-state index contributed by atoms with van der Waals surface area (Å²) in [5.41, 5.74) is -0.775. The van der Waals surface area contributed by atoms with Gasteiger partial charge in [-0.1, -0.05) is 30.2 Å². The van der Waals surface area contributed by atoms with Gasteiger partial charge in [-0.25, -0.2) is 18.6 Å². The molecule has 0 radical (unpaired) electrons. The van der Waals surface area contributed by atoms with Crippen molar-refractivity contribution >= 4 is 33.6 Å². The predicted octanol–water partition coefficient (Wildman–Crippen LogP) is 6.85. The maximum absolute atomic E-state index is 17.5. The number of hydrogen-bond acceptors (Lipinski definition) is 10. The highest BCUT2D eigenvalue weighted by Gasteiger charge is 2.50. The molecule has 8 rings (SSSR count). The molecule has 2 bridgehead atoms. The van der Waals surface area contributed by atoms with Gasteiger partial charge in [-0.15, -0.1) is 6.42 Å². The van der Waals surface area contributed by atoms with Gasteiger partial charge in [-0.05, 0) is 91.1 Å². The number of piperazine rings is 1. The van der Waals surface area contributed by atoms with Gasteiger partial charge in [0.15, 0.2) is 5.82 Å². The fourth-order valence-electron chi connectivity index (χ4n) is 9.27. The molecule has 290 valence electrons. The quantitative estimate of drug-likeness (QED) is 0.192. The lowest BCUT2D eigenvalue weighted by Gasteiger charge is -2.42. The summed E-state index contributed by atoms with van der Waals surface area (Å²) in [6, 6.07) is 7.84. The number of aromatic nitrogens is 3. The first kappa shape index (κ1) is 37.1. The Balaban J connectivity index is 1.29. The minimum absolute atomic E-state index is 0.00193. The third-order valence-corrected chi connectivity index (χ3v) is 11.6. The highest BCUT2D eigenvalue weighted by Crippen LogP contribution is 2.45. The first-order chi connectivity index (χ1) is 26.3. The maximum atomic E-state index is 17.5. The number of carbonyl (C=O) groups is 1. The van der Waals surface area contributed by atoms with Crippen LogP contribution in [0.3, 0.4) is 0 Å². The summed E-state index contributed by atoms with van der Waals surface area (Å²) < 4.78 is 51.3. The number of carbonyl (C=O) groups excluding carboxylic acids is 1. The molecule has 4 atom stereocenters. The van der Waals surface area contributed by atoms with E-state index in [1.807, 2.05) is 39.5 Å². The van der Waals surface area contributed by atoms with Gasteiger partial charge in [0.25, 0.3) is 0 Å². The SMILES string of the molecule is C#Cc1c(F)ccc2cccc(-c3nc(OC(C)C)c4c(N5CC6CCC(C5)N6C(=O)OC(C)(C)C)nc(OC[C@]56CCCN5[C@@H](CO)CC6)nc4c3F)c12. The number of anilines is 1. The Morgan fingerprint density at radius 2 is 1.82 bits per heavy atom. The van der Waals surface area contributed by atoms with E-state index in [9.17, 15) is 9.90 Å². The standard InChI is InChI=1S/C42H48F2N6O5/c1-7-29-31(43)15-12-25-10-8-11-30(32(25)29)35-34(44)36-33(38(45-35)54-24(2)3)37(48-20-26-13-14-27(21-48)50(26)40(52)55-41(4,5)6)47-39(46-36)53-23-42-17-9-19-49(42)28(22-51)16-18-42/h1,8,10-12,15,24,26-28,51H,9,13-14,16-23H2,2-6H3/t26?,27?,28-,42-/m1/s1. The van der Waals surface area contributed by atoms with Crippen LogP contribution < -0.4 is 14.4 Å². The molecule has 4 aromatic rings. The van der Waals surface area contributed by atoms with Crippen LogP contribution in [0.25, 0.3) is 32.9 Å². The Morgan fingerprint density at radius 1 is 1.05 bits per heavy atom. The van der Waals surface area contributed by atoms with Crippen molar-refractivity contribution in [3.05, 3.63) is 47.5 Å². The molecule has 55 heavy (non-hydrogen) atoms. The minimum Gasteiger partial charge on any atom is -0.474 e. The molecule has 2 aromatic heterocycles. The fourth-order valence-corrected chi connectivity index (χ4v) is 9.27. The van der Waals surface area contributed by atoms with Crippen molar-refractivity contribution in [2.75, 3.05) is 37.7 Å². The number of ether oxygens (including phenoxy) is 3. The van der Waals surface area contributed by atoms with E-state index in [1.54, 1.807) is 24.3 Å². The van der Waals surface area contributed by atoms with Crippen molar-refractivity contribution in [2.45, 2.75) is 109 Å². The Hall–Kier alpha value is -4.80. The average molecular weight is 755 g/mol. The van der Waals surface area contributed by atoms with Crippen LogP contribution in [0.5, 0.6) is 11.9 Å². The van der Waals surface area contributed by atoms with E-state index >= 15 is 8.78 Å². The number of benzene rings is 2. The Labute approximate surface area is 320 Å². The first-order valence-corrected chi connectivity index (χ1v) is 19.3. The van der Waals surface area contributed by atoms with Gasteiger partial charge >= 0.3 is 12.1 Å². The number of amides is 1. The van der Waals surface area contributed by atoms with Gasteiger partial charge < -0.3 is 24.2 Å². The number of nitrogens with zero attached hydrogens (tertiary/aromatic N) is 6. The number of rotatable bonds is 8. The molecular weight excluding hydrogens is 706 g/mol. The van der Waals surface area contributed by atoms with Gasteiger partial charge in [-0.3, -0.25) is 9.80 Å². The smallest absolute Gasteiger partial charge is 0.410 e. The van der Waals surface area contributed by atoms with Crippen molar-refractivity contribution in [3.63, 3.8) is 0 Å². The third-order valence-electron chi connectivity index (χ3n) is 11.6. The predicted molar refractivity (Wildman–Crippen MR) is 205 cm³/mol. The van der Waals surface area contributed by atoms with E-state index in [0.29, 0.717) is 35.2 Å². The van der Waals surface area contributed by atoms with Crippen LogP contribution in [-0.4, -0.2) is 104 Å². The van der Waals surface area contributed by atoms with Crippen molar-refractivity contribution in [2.24, 2.45) is 0 Å². The second-order valence-corrected chi connectivity index (χ2v) is 16.6. The molecule has 6 heterocycles. The molecule has 13 heteroatoms. The molecule has 0 saturated carbocycles. The number of terminal acetylenes is 1. The summed E-state index contributed by atoms with van der Waals surface area (Å²) >= 11 is 0. The molecule has 0 spiro atoms. The average Bonchev–Trinajstić information content (AvgIpc) is 3.79. The monoisotopic (exact) mass is 754 g/mol. The number of fused-ring (bicyclic) bond motifs is 5. The van der Waals surface area contributed by atoms with Crippen molar-refractivity contribution in [1.82, 2.24) is 24.8 Å². The zero-order valence-electron chi connectivity index (χ0n) is 32.1. The summed E-state index contributed by atoms with van der Waals surface area (Å²) in [4.78, 5) is 34.2. The second kappa shape index (κ2) is 14.0. The molecule has 4 fully saturated rings. The molecule has 1 N–H and O–H groups in total. The Bertz CT molecular complexity index is 2190. The zero-order chi connectivity index (χ0) is 38.8. The summed E-state index contributed by atoms with van der Waals surface area (Å²) in [7, 11) is 0. The van der Waals surface area contributed by atoms with Gasteiger partial charge in [0.1, 0.15) is 40.4 Å². The fraction of sp³-hybridized carbons (Fsp3) is 0.524. The molecule has 2 unspecified atom stereocenters. The summed E-state index contributed by atoms with van der Waals surface area (Å²) in [5.74, 6) is 1.61. The van der Waals surface area contributed by atoms with Crippen LogP contribution >= 0.6 is 0 Å². The number of halogens is 2. The summed E-state index contributed by atoms with van der Waals surface area (Å²) in [6.45, 7) is 11.3. The van der Waals surface area contributed by atoms with Crippen LogP contribution in [0, 0.1) is 24.0 Å².